The van der Waals surface area contributed by atoms with E-state index >= 15 is 0 Å². The van der Waals surface area contributed by atoms with Crippen LogP contribution in [-0.2, 0) is 6.54 Å². The van der Waals surface area contributed by atoms with Gasteiger partial charge < -0.3 is 10.1 Å². The van der Waals surface area contributed by atoms with Gasteiger partial charge in [0.2, 0.25) is 0 Å². The highest BCUT2D eigenvalue weighted by atomic mass is 35.5. The minimum absolute atomic E-state index is 0.120. The van der Waals surface area contributed by atoms with Gasteiger partial charge in [-0.25, -0.2) is 4.98 Å². The van der Waals surface area contributed by atoms with Crippen molar-refractivity contribution in [2.24, 2.45) is 0 Å². The number of thiophene rings is 1. The number of aromatic nitrogens is 2. The molecule has 0 atom stereocenters. The largest absolute Gasteiger partial charge is 0.395 e. The smallest absolute Gasteiger partial charge is 0.260 e. The Bertz CT molecular complexity index is 995. The molecule has 0 saturated carbocycles. The van der Waals surface area contributed by atoms with Gasteiger partial charge in [-0.1, -0.05) is 29.8 Å². The number of benzene rings is 1. The number of β-amino-alcohol motifs (C(OH)–C–C–N with tert-alkyl or cyclic N) is 1. The van der Waals surface area contributed by atoms with Crippen molar-refractivity contribution in [3.05, 3.63) is 50.8 Å². The van der Waals surface area contributed by atoms with Gasteiger partial charge in [0.1, 0.15) is 10.7 Å². The maximum absolute atomic E-state index is 12.8. The second kappa shape index (κ2) is 8.08. The first-order chi connectivity index (χ1) is 13.2. The number of aliphatic hydroxyl groups is 1. The summed E-state index contributed by atoms with van der Waals surface area (Å²) in [4.78, 5) is 25.7. The number of nitrogens with one attached hydrogen (secondary N) is 1. The topological polar surface area (TPSA) is 72.5 Å². The fourth-order valence-corrected chi connectivity index (χ4v) is 4.67. The molecule has 1 aliphatic rings. The van der Waals surface area contributed by atoms with Gasteiger partial charge >= 0.3 is 0 Å². The van der Waals surface area contributed by atoms with E-state index in [1.54, 1.807) is 0 Å². The Morgan fingerprint density at radius 2 is 1.89 bits per heavy atom. The lowest BCUT2D eigenvalue weighted by Gasteiger charge is -2.33. The number of rotatable bonds is 5. The van der Waals surface area contributed by atoms with E-state index in [-0.39, 0.29) is 12.2 Å². The molecule has 27 heavy (non-hydrogen) atoms. The molecule has 1 saturated heterocycles. The lowest BCUT2D eigenvalue weighted by atomic mass is 10.1. The number of H-pyrrole nitrogens is 1. The van der Waals surface area contributed by atoms with Crippen LogP contribution in [0.5, 0.6) is 0 Å². The van der Waals surface area contributed by atoms with E-state index in [4.69, 9.17) is 16.7 Å². The summed E-state index contributed by atoms with van der Waals surface area (Å²) in [5, 5.41) is 12.2. The van der Waals surface area contributed by atoms with Crippen molar-refractivity contribution in [2.45, 2.75) is 6.54 Å². The summed E-state index contributed by atoms with van der Waals surface area (Å²) >= 11 is 7.78. The van der Waals surface area contributed by atoms with Gasteiger partial charge in [-0.15, -0.1) is 11.3 Å². The summed E-state index contributed by atoms with van der Waals surface area (Å²) in [5.41, 5.74) is 1.56. The third kappa shape index (κ3) is 3.93. The van der Waals surface area contributed by atoms with Crippen LogP contribution in [0.3, 0.4) is 0 Å². The molecule has 0 unspecified atom stereocenters. The first-order valence-corrected chi connectivity index (χ1v) is 10.2. The van der Waals surface area contributed by atoms with Crippen LogP contribution < -0.4 is 5.56 Å². The number of hydrogen-bond donors (Lipinski definition) is 2. The van der Waals surface area contributed by atoms with Gasteiger partial charge in [0.05, 0.1) is 18.5 Å². The maximum atomic E-state index is 12.8. The summed E-state index contributed by atoms with van der Waals surface area (Å²) in [6, 6.07) is 7.54. The molecule has 142 valence electrons. The average Bonchev–Trinajstić information content (AvgIpc) is 3.08. The van der Waals surface area contributed by atoms with Gasteiger partial charge in [-0.2, -0.15) is 0 Å². The van der Waals surface area contributed by atoms with Gasteiger partial charge in [0.15, 0.2) is 0 Å². The molecule has 0 bridgehead atoms. The molecule has 1 fully saturated rings. The van der Waals surface area contributed by atoms with Crippen molar-refractivity contribution in [3.8, 4) is 11.1 Å². The van der Waals surface area contributed by atoms with Crippen LogP contribution in [0.15, 0.2) is 34.4 Å². The SMILES string of the molecule is O=c1[nH]c(CN2CCN(CCO)CC2)nc2scc(-c3ccccc3Cl)c12. The molecule has 6 nitrogen and oxygen atoms in total. The van der Waals surface area contributed by atoms with Crippen molar-refractivity contribution in [1.82, 2.24) is 19.8 Å². The summed E-state index contributed by atoms with van der Waals surface area (Å²) in [6.07, 6.45) is 0. The minimum Gasteiger partial charge on any atom is -0.395 e. The zero-order valence-corrected chi connectivity index (χ0v) is 16.4. The predicted octanol–water partition coefficient (Wildman–Crippen LogP) is 2.41. The second-order valence-corrected chi connectivity index (χ2v) is 7.93. The van der Waals surface area contributed by atoms with Crippen LogP contribution in [0.1, 0.15) is 5.82 Å². The van der Waals surface area contributed by atoms with Crippen LogP contribution in [-0.4, -0.2) is 64.2 Å². The molecule has 3 heterocycles. The number of aliphatic hydroxyl groups excluding tert-OH is 1. The molecule has 1 aliphatic heterocycles. The number of hydrogen-bond acceptors (Lipinski definition) is 6. The third-order valence-electron chi connectivity index (χ3n) is 4.91. The third-order valence-corrected chi connectivity index (χ3v) is 6.11. The second-order valence-electron chi connectivity index (χ2n) is 6.66. The van der Waals surface area contributed by atoms with Gasteiger partial charge in [-0.3, -0.25) is 14.6 Å². The van der Waals surface area contributed by atoms with Crippen LogP contribution in [0.25, 0.3) is 21.3 Å². The Hall–Kier alpha value is -1.77. The molecule has 2 aromatic heterocycles. The summed E-state index contributed by atoms with van der Waals surface area (Å²) in [7, 11) is 0. The van der Waals surface area contributed by atoms with E-state index in [2.05, 4.69) is 19.8 Å². The number of aromatic amines is 1. The average molecular weight is 405 g/mol. The van der Waals surface area contributed by atoms with E-state index in [0.717, 1.165) is 48.7 Å². The zero-order valence-electron chi connectivity index (χ0n) is 14.8. The van der Waals surface area contributed by atoms with E-state index in [1.807, 2.05) is 29.6 Å². The minimum atomic E-state index is -0.120. The molecule has 0 amide bonds. The summed E-state index contributed by atoms with van der Waals surface area (Å²) in [5.74, 6) is 0.690. The van der Waals surface area contributed by atoms with Crippen molar-refractivity contribution in [3.63, 3.8) is 0 Å². The van der Waals surface area contributed by atoms with Crippen LogP contribution in [0.2, 0.25) is 5.02 Å². The molecule has 1 aromatic carbocycles. The molecule has 0 spiro atoms. The Balaban J connectivity index is 1.57. The molecular weight excluding hydrogens is 384 g/mol. The fraction of sp³-hybridized carbons (Fsp3) is 0.368. The standard InChI is InChI=1S/C19H21ClN4O2S/c20-15-4-2-1-3-13(15)14-12-27-19-17(14)18(26)21-16(22-19)11-24-7-5-23(6-8-24)9-10-25/h1-4,12,25H,5-11H2,(H,21,22,26). The van der Waals surface area contributed by atoms with Gasteiger partial charge in [0.25, 0.3) is 5.56 Å². The number of fused-ring (bicyclic) bond motifs is 1. The Morgan fingerprint density at radius 3 is 2.63 bits per heavy atom. The van der Waals surface area contributed by atoms with E-state index < -0.39 is 0 Å². The molecule has 3 aromatic rings. The summed E-state index contributed by atoms with van der Waals surface area (Å²) in [6.45, 7) is 5.17. The number of nitrogens with zero attached hydrogens (tertiary/aromatic N) is 3. The molecule has 0 aliphatic carbocycles. The number of piperazine rings is 1. The number of halogens is 1. The zero-order chi connectivity index (χ0) is 18.8. The molecule has 8 heteroatoms. The highest BCUT2D eigenvalue weighted by Gasteiger charge is 2.19. The molecule has 4 rings (SSSR count). The van der Waals surface area contributed by atoms with Crippen molar-refractivity contribution in [2.75, 3.05) is 39.3 Å². The van der Waals surface area contributed by atoms with Crippen molar-refractivity contribution < 1.29 is 5.11 Å². The fourth-order valence-electron chi connectivity index (χ4n) is 3.47. The first-order valence-electron chi connectivity index (χ1n) is 8.96. The van der Waals surface area contributed by atoms with Crippen LogP contribution >= 0.6 is 22.9 Å². The Labute approximate surface area is 166 Å². The van der Waals surface area contributed by atoms with Gasteiger partial charge in [0, 0.05) is 54.3 Å². The Kier molecular flexibility index (Phi) is 5.56. The van der Waals surface area contributed by atoms with Crippen molar-refractivity contribution in [1.29, 1.82) is 0 Å². The highest BCUT2D eigenvalue weighted by Crippen LogP contribution is 2.34. The molecular formula is C19H21ClN4O2S. The van der Waals surface area contributed by atoms with E-state index in [0.29, 0.717) is 22.8 Å². The van der Waals surface area contributed by atoms with E-state index in [9.17, 15) is 4.79 Å². The summed E-state index contributed by atoms with van der Waals surface area (Å²) < 4.78 is 0. The maximum Gasteiger partial charge on any atom is 0.260 e. The lowest BCUT2D eigenvalue weighted by molar-refractivity contribution is 0.107. The molecule has 0 radical (unpaired) electrons. The highest BCUT2D eigenvalue weighted by molar-refractivity contribution is 7.17. The van der Waals surface area contributed by atoms with E-state index in [1.165, 1.54) is 11.3 Å². The molecule has 2 N–H and O–H groups in total. The van der Waals surface area contributed by atoms with Crippen LogP contribution in [0.4, 0.5) is 0 Å². The van der Waals surface area contributed by atoms with Crippen molar-refractivity contribution >= 4 is 33.2 Å². The predicted molar refractivity (Wildman–Crippen MR) is 109 cm³/mol. The van der Waals surface area contributed by atoms with Gasteiger partial charge in [-0.05, 0) is 6.07 Å². The monoisotopic (exact) mass is 404 g/mol. The lowest BCUT2D eigenvalue weighted by Crippen LogP contribution is -2.46. The normalized spacial score (nSPS) is 16.2. The van der Waals surface area contributed by atoms with Crippen LogP contribution in [0, 0.1) is 0 Å². The quantitative estimate of drug-likeness (QED) is 0.683. The Morgan fingerprint density at radius 1 is 1.15 bits per heavy atom. The first kappa shape index (κ1) is 18.6.